The van der Waals surface area contributed by atoms with Crippen LogP contribution in [0.2, 0.25) is 0 Å². The number of aromatic nitrogens is 2. The average Bonchev–Trinajstić information content (AvgIpc) is 2.47. The summed E-state index contributed by atoms with van der Waals surface area (Å²) in [6, 6.07) is 10.3. The molecule has 0 aliphatic rings. The molecule has 0 saturated carbocycles. The van der Waals surface area contributed by atoms with Crippen molar-refractivity contribution >= 4 is 42.5 Å². The van der Waals surface area contributed by atoms with Crippen molar-refractivity contribution in [2.45, 2.75) is 6.92 Å². The summed E-state index contributed by atoms with van der Waals surface area (Å²) in [4.78, 5) is 0. The van der Waals surface area contributed by atoms with E-state index in [1.807, 2.05) is 22.9 Å². The van der Waals surface area contributed by atoms with Gasteiger partial charge in [-0.1, -0.05) is 0 Å². The zero-order valence-electron chi connectivity index (χ0n) is 7.94. The van der Waals surface area contributed by atoms with Crippen LogP contribution in [0.1, 0.15) is 5.69 Å². The first-order valence-electron chi connectivity index (χ1n) is 4.36. The third-order valence-corrected chi connectivity index (χ3v) is 6.27. The van der Waals surface area contributed by atoms with Gasteiger partial charge in [0.2, 0.25) is 0 Å². The van der Waals surface area contributed by atoms with E-state index in [9.17, 15) is 0 Å². The first kappa shape index (κ1) is 10.1. The van der Waals surface area contributed by atoms with Crippen LogP contribution in [-0.2, 0) is 0 Å². The van der Waals surface area contributed by atoms with Crippen molar-refractivity contribution in [3.63, 3.8) is 0 Å². The van der Waals surface area contributed by atoms with Crippen LogP contribution in [0.15, 0.2) is 30.3 Å². The molecule has 0 radical (unpaired) electrons. The van der Waals surface area contributed by atoms with Crippen molar-refractivity contribution in [1.82, 2.24) is 9.78 Å². The van der Waals surface area contributed by atoms with Gasteiger partial charge in [-0.2, -0.15) is 0 Å². The molecule has 4 heteroatoms. The molecular weight excluding hydrogens is 298 g/mol. The van der Waals surface area contributed by atoms with E-state index < -0.39 is 0 Å². The molecule has 0 N–H and O–H groups in total. The van der Waals surface area contributed by atoms with E-state index in [4.69, 9.17) is 0 Å². The summed E-state index contributed by atoms with van der Waals surface area (Å²) in [6.07, 6.45) is 0. The van der Waals surface area contributed by atoms with Crippen LogP contribution in [0.25, 0.3) is 5.69 Å². The van der Waals surface area contributed by atoms with Crippen molar-refractivity contribution in [3.05, 3.63) is 36.0 Å². The van der Waals surface area contributed by atoms with Crippen molar-refractivity contribution in [1.29, 1.82) is 0 Å². The Labute approximate surface area is 101 Å². The first-order valence-corrected chi connectivity index (χ1v) is 6.78. The second kappa shape index (κ2) is 3.96. The van der Waals surface area contributed by atoms with E-state index >= 15 is 0 Å². The number of rotatable bonds is 1. The maximum absolute atomic E-state index is 4.53. The third-order valence-electron chi connectivity index (χ3n) is 2.14. The molecule has 0 spiro atoms. The summed E-state index contributed by atoms with van der Waals surface area (Å²) >= 11 is 3.29. The maximum atomic E-state index is 4.53. The molecular formula is C10H12As2N2. The van der Waals surface area contributed by atoms with Crippen molar-refractivity contribution in [2.75, 3.05) is 0 Å². The van der Waals surface area contributed by atoms with E-state index in [0.717, 1.165) is 11.4 Å². The van der Waals surface area contributed by atoms with Gasteiger partial charge in [-0.05, 0) is 0 Å². The molecule has 0 fully saturated rings. The Balaban J connectivity index is 2.58. The Bertz CT molecular complexity index is 449. The standard InChI is InChI=1S/C10H12As2N2/c1-7-9(11)10(12)14(13-7)8-5-3-2-4-6-8/h2-6H,11-12H2,1H3. The summed E-state index contributed by atoms with van der Waals surface area (Å²) in [5.41, 5.74) is 2.30. The first-order chi connectivity index (χ1) is 6.70. The average molecular weight is 310 g/mol. The van der Waals surface area contributed by atoms with Gasteiger partial charge in [0.05, 0.1) is 0 Å². The Hall–Kier alpha value is -0.453. The van der Waals surface area contributed by atoms with Gasteiger partial charge in [0.15, 0.2) is 0 Å². The number of hydrogen-bond donors (Lipinski definition) is 0. The molecule has 1 aromatic heterocycles. The molecule has 2 rings (SSSR count). The molecule has 14 heavy (non-hydrogen) atoms. The molecule has 0 saturated heterocycles. The number of nitrogens with zero attached hydrogens (tertiary/aromatic N) is 2. The Morgan fingerprint density at radius 2 is 1.79 bits per heavy atom. The van der Waals surface area contributed by atoms with Gasteiger partial charge in [-0.3, -0.25) is 0 Å². The van der Waals surface area contributed by atoms with E-state index in [1.54, 1.807) is 33.7 Å². The topological polar surface area (TPSA) is 17.8 Å². The normalized spacial score (nSPS) is 10.5. The van der Waals surface area contributed by atoms with Crippen LogP contribution in [0.4, 0.5) is 0 Å². The van der Waals surface area contributed by atoms with E-state index in [-0.39, 0.29) is 0 Å². The van der Waals surface area contributed by atoms with Gasteiger partial charge in [-0.15, -0.1) is 0 Å². The Morgan fingerprint density at radius 3 is 2.29 bits per heavy atom. The van der Waals surface area contributed by atoms with Gasteiger partial charge in [0.25, 0.3) is 0 Å². The fourth-order valence-corrected chi connectivity index (χ4v) is 2.57. The number of benzene rings is 1. The van der Waals surface area contributed by atoms with Crippen LogP contribution in [-0.4, -0.2) is 43.5 Å². The zero-order chi connectivity index (χ0) is 10.1. The summed E-state index contributed by atoms with van der Waals surface area (Å²) in [5, 5.41) is 4.53. The minimum atomic E-state index is 1.15. The van der Waals surface area contributed by atoms with Crippen LogP contribution in [0.5, 0.6) is 0 Å². The monoisotopic (exact) mass is 310 g/mol. The van der Waals surface area contributed by atoms with Crippen molar-refractivity contribution in [3.8, 4) is 5.69 Å². The van der Waals surface area contributed by atoms with Crippen LogP contribution in [0.3, 0.4) is 0 Å². The van der Waals surface area contributed by atoms with Crippen LogP contribution < -0.4 is 8.83 Å². The predicted molar refractivity (Wildman–Crippen MR) is 64.7 cm³/mol. The predicted octanol–water partition coefficient (Wildman–Crippen LogP) is -1.30. The molecule has 72 valence electrons. The summed E-state index contributed by atoms with van der Waals surface area (Å²) in [7, 11) is 0. The number of aryl methyl sites for hydroxylation is 1. The van der Waals surface area contributed by atoms with E-state index in [1.165, 1.54) is 8.83 Å². The van der Waals surface area contributed by atoms with Gasteiger partial charge in [0.1, 0.15) is 0 Å². The quantitative estimate of drug-likeness (QED) is 0.599. The Morgan fingerprint density at radius 1 is 1.14 bits per heavy atom. The fraction of sp³-hybridized carbons (Fsp3) is 0.100. The molecule has 1 aromatic carbocycles. The van der Waals surface area contributed by atoms with Crippen LogP contribution in [0, 0.1) is 6.92 Å². The molecule has 0 aliphatic heterocycles. The SMILES string of the molecule is Cc1nn(-c2ccccc2)c([AsH2])c1[AsH2]. The molecule has 0 aliphatic carbocycles. The summed E-state index contributed by atoms with van der Waals surface area (Å²) in [5.74, 6) is 0. The fourth-order valence-electron chi connectivity index (χ4n) is 1.32. The molecule has 1 heterocycles. The summed E-state index contributed by atoms with van der Waals surface area (Å²) in [6.45, 7) is 2.07. The number of hydrogen-bond acceptors (Lipinski definition) is 1. The van der Waals surface area contributed by atoms with Gasteiger partial charge >= 0.3 is 101 Å². The summed E-state index contributed by atoms with van der Waals surface area (Å²) < 4.78 is 4.70. The van der Waals surface area contributed by atoms with Gasteiger partial charge in [-0.25, -0.2) is 0 Å². The molecule has 0 amide bonds. The minimum absolute atomic E-state index is 1.15. The molecule has 2 nitrogen and oxygen atoms in total. The third kappa shape index (κ3) is 1.69. The Kier molecular flexibility index (Phi) is 2.85. The second-order valence-corrected chi connectivity index (χ2v) is 5.49. The van der Waals surface area contributed by atoms with Crippen molar-refractivity contribution < 1.29 is 0 Å². The van der Waals surface area contributed by atoms with Gasteiger partial charge in [0, 0.05) is 0 Å². The molecule has 2 aromatic rings. The number of para-hydroxylation sites is 1. The van der Waals surface area contributed by atoms with Gasteiger partial charge < -0.3 is 0 Å². The van der Waals surface area contributed by atoms with E-state index in [2.05, 4.69) is 24.2 Å². The molecule has 2 atom stereocenters. The molecule has 0 bridgehead atoms. The molecule has 2 unspecified atom stereocenters. The van der Waals surface area contributed by atoms with Crippen LogP contribution >= 0.6 is 0 Å². The van der Waals surface area contributed by atoms with E-state index in [0.29, 0.717) is 0 Å². The van der Waals surface area contributed by atoms with Crippen molar-refractivity contribution in [2.24, 2.45) is 0 Å². The zero-order valence-corrected chi connectivity index (χ0v) is 12.8. The second-order valence-electron chi connectivity index (χ2n) is 3.13.